The highest BCUT2D eigenvalue weighted by atomic mass is 16.3. The largest absolute Gasteiger partial charge is 0.469 e. The van der Waals surface area contributed by atoms with E-state index in [0.29, 0.717) is 22.7 Å². The monoisotopic (exact) mass is 286 g/mol. The predicted octanol–water partition coefficient (Wildman–Crippen LogP) is 4.28. The molecular weight excluding hydrogens is 260 g/mol. The van der Waals surface area contributed by atoms with Crippen LogP contribution in [0.2, 0.25) is 0 Å². The smallest absolute Gasteiger partial charge is 0.107 e. The van der Waals surface area contributed by atoms with Crippen LogP contribution < -0.4 is 0 Å². The molecule has 1 N–H and O–H groups in total. The Bertz CT molecular complexity index is 572. The molecule has 1 spiro atoms. The summed E-state index contributed by atoms with van der Waals surface area (Å²) in [7, 11) is 0. The van der Waals surface area contributed by atoms with Gasteiger partial charge in [-0.3, -0.25) is 0 Å². The van der Waals surface area contributed by atoms with Crippen molar-refractivity contribution >= 4 is 0 Å². The average molecular weight is 286 g/mol. The number of fused-ring (bicyclic) bond motifs is 5. The summed E-state index contributed by atoms with van der Waals surface area (Å²) in [5.74, 6) is 3.38. The van der Waals surface area contributed by atoms with Crippen molar-refractivity contribution in [2.24, 2.45) is 22.7 Å². The van der Waals surface area contributed by atoms with E-state index in [1.54, 1.807) is 0 Å². The van der Waals surface area contributed by atoms with Crippen molar-refractivity contribution in [2.75, 3.05) is 0 Å². The third kappa shape index (κ3) is 1.48. The van der Waals surface area contributed by atoms with Crippen LogP contribution in [0.5, 0.6) is 0 Å². The van der Waals surface area contributed by atoms with Gasteiger partial charge in [0.15, 0.2) is 0 Å². The maximum Gasteiger partial charge on any atom is 0.107 e. The molecule has 1 aromatic heterocycles. The molecule has 0 aliphatic heterocycles. The zero-order valence-corrected chi connectivity index (χ0v) is 13.0. The second-order valence-corrected chi connectivity index (χ2v) is 8.62. The van der Waals surface area contributed by atoms with Crippen molar-refractivity contribution in [3.63, 3.8) is 0 Å². The molecule has 114 valence electrons. The number of rotatable bonds is 0. The van der Waals surface area contributed by atoms with Gasteiger partial charge in [-0.2, -0.15) is 0 Å². The predicted molar refractivity (Wildman–Crippen MR) is 81.0 cm³/mol. The Morgan fingerprint density at radius 2 is 2.10 bits per heavy atom. The molecule has 2 nitrogen and oxygen atoms in total. The fourth-order valence-electron chi connectivity index (χ4n) is 7.11. The zero-order valence-electron chi connectivity index (χ0n) is 13.0. The molecule has 3 saturated carbocycles. The van der Waals surface area contributed by atoms with Gasteiger partial charge in [0.1, 0.15) is 5.76 Å². The SMILES string of the molecule is C[C@@]12CCc3occc3C1CC[C@]13CC(O)C(CCC12)C3. The molecule has 4 aliphatic rings. The number of aryl methyl sites for hydroxylation is 1. The number of aliphatic hydroxyl groups excluding tert-OH is 1. The Kier molecular flexibility index (Phi) is 2.40. The summed E-state index contributed by atoms with van der Waals surface area (Å²) in [4.78, 5) is 0. The van der Waals surface area contributed by atoms with E-state index in [9.17, 15) is 5.11 Å². The molecule has 4 aliphatic carbocycles. The van der Waals surface area contributed by atoms with Gasteiger partial charge in [-0.25, -0.2) is 0 Å². The lowest BCUT2D eigenvalue weighted by Crippen LogP contribution is -2.50. The average Bonchev–Trinajstić information content (AvgIpc) is 3.02. The van der Waals surface area contributed by atoms with E-state index in [-0.39, 0.29) is 6.10 Å². The first-order chi connectivity index (χ1) is 10.1. The molecule has 4 unspecified atom stereocenters. The lowest BCUT2D eigenvalue weighted by atomic mass is 9.45. The van der Waals surface area contributed by atoms with Gasteiger partial charge < -0.3 is 9.52 Å². The molecule has 0 aromatic carbocycles. The second-order valence-electron chi connectivity index (χ2n) is 8.62. The van der Waals surface area contributed by atoms with Crippen molar-refractivity contribution in [2.45, 2.75) is 70.3 Å². The molecule has 0 amide bonds. The molecule has 6 atom stereocenters. The molecule has 1 heterocycles. The minimum absolute atomic E-state index is 0.0109. The lowest BCUT2D eigenvalue weighted by Gasteiger charge is -2.59. The van der Waals surface area contributed by atoms with E-state index >= 15 is 0 Å². The van der Waals surface area contributed by atoms with Gasteiger partial charge in [-0.05, 0) is 85.2 Å². The quantitative estimate of drug-likeness (QED) is 0.772. The molecule has 5 rings (SSSR count). The summed E-state index contributed by atoms with van der Waals surface area (Å²) in [5.41, 5.74) is 2.41. The summed E-state index contributed by atoms with van der Waals surface area (Å²) in [6, 6.07) is 2.24. The Hall–Kier alpha value is -0.760. The van der Waals surface area contributed by atoms with E-state index in [2.05, 4.69) is 13.0 Å². The highest BCUT2D eigenvalue weighted by Gasteiger charge is 2.62. The summed E-state index contributed by atoms with van der Waals surface area (Å²) in [5, 5.41) is 10.4. The van der Waals surface area contributed by atoms with Gasteiger partial charge >= 0.3 is 0 Å². The van der Waals surface area contributed by atoms with Gasteiger partial charge in [0.2, 0.25) is 0 Å². The molecule has 2 bridgehead atoms. The van der Waals surface area contributed by atoms with Gasteiger partial charge in [0.05, 0.1) is 12.4 Å². The molecule has 21 heavy (non-hydrogen) atoms. The minimum Gasteiger partial charge on any atom is -0.469 e. The Morgan fingerprint density at radius 3 is 3.00 bits per heavy atom. The summed E-state index contributed by atoms with van der Waals surface area (Å²) in [6.07, 6.45) is 11.9. The number of aliphatic hydroxyl groups is 1. The van der Waals surface area contributed by atoms with Crippen LogP contribution in [0.4, 0.5) is 0 Å². The number of hydrogen-bond donors (Lipinski definition) is 1. The van der Waals surface area contributed by atoms with Gasteiger partial charge in [-0.15, -0.1) is 0 Å². The van der Waals surface area contributed by atoms with Crippen molar-refractivity contribution in [1.82, 2.24) is 0 Å². The van der Waals surface area contributed by atoms with Gasteiger partial charge in [0, 0.05) is 6.42 Å². The van der Waals surface area contributed by atoms with E-state index < -0.39 is 0 Å². The van der Waals surface area contributed by atoms with Crippen LogP contribution in [0.15, 0.2) is 16.7 Å². The molecule has 1 aromatic rings. The standard InChI is InChI=1S/C19H26O2/c1-18-7-5-16-13(6-9-21-16)14(18)4-8-19-10-12(15(20)11-19)2-3-17(18)19/h6,9,12,14-15,17,20H,2-5,7-8,10-11H2,1H3/t12?,14?,15?,17?,18-,19+/m1/s1. The molecule has 2 heteroatoms. The molecule has 0 radical (unpaired) electrons. The van der Waals surface area contributed by atoms with Gasteiger partial charge in [0.25, 0.3) is 0 Å². The third-order valence-electron chi connectivity index (χ3n) is 7.96. The van der Waals surface area contributed by atoms with Crippen LogP contribution in [0.3, 0.4) is 0 Å². The lowest BCUT2D eigenvalue weighted by molar-refractivity contribution is -0.0695. The van der Waals surface area contributed by atoms with Crippen LogP contribution >= 0.6 is 0 Å². The Balaban J connectivity index is 1.58. The zero-order chi connectivity index (χ0) is 14.2. The summed E-state index contributed by atoms with van der Waals surface area (Å²) >= 11 is 0. The Morgan fingerprint density at radius 1 is 1.19 bits per heavy atom. The van der Waals surface area contributed by atoms with E-state index in [1.165, 1.54) is 49.8 Å². The summed E-state index contributed by atoms with van der Waals surface area (Å²) < 4.78 is 5.72. The molecular formula is C19H26O2. The fraction of sp³-hybridized carbons (Fsp3) is 0.789. The first kappa shape index (κ1) is 12.8. The number of furan rings is 1. The highest BCUT2D eigenvalue weighted by molar-refractivity contribution is 5.31. The van der Waals surface area contributed by atoms with Gasteiger partial charge in [-0.1, -0.05) is 6.92 Å². The van der Waals surface area contributed by atoms with Crippen molar-refractivity contribution in [1.29, 1.82) is 0 Å². The first-order valence-electron chi connectivity index (χ1n) is 8.87. The molecule has 0 saturated heterocycles. The second kappa shape index (κ2) is 3.95. The normalized spacial score (nSPS) is 51.1. The maximum atomic E-state index is 10.4. The molecule has 3 fully saturated rings. The van der Waals surface area contributed by atoms with E-state index in [4.69, 9.17) is 4.42 Å². The van der Waals surface area contributed by atoms with E-state index in [0.717, 1.165) is 18.8 Å². The van der Waals surface area contributed by atoms with Crippen molar-refractivity contribution in [3.05, 3.63) is 23.7 Å². The highest BCUT2D eigenvalue weighted by Crippen LogP contribution is 2.70. The third-order valence-corrected chi connectivity index (χ3v) is 7.96. The van der Waals surface area contributed by atoms with Crippen LogP contribution in [0.1, 0.15) is 69.1 Å². The minimum atomic E-state index is -0.0109. The topological polar surface area (TPSA) is 33.4 Å². The summed E-state index contributed by atoms with van der Waals surface area (Å²) in [6.45, 7) is 2.56. The van der Waals surface area contributed by atoms with E-state index in [1.807, 2.05) is 6.26 Å². The maximum absolute atomic E-state index is 10.4. The Labute approximate surface area is 126 Å². The number of hydrogen-bond acceptors (Lipinski definition) is 2. The van der Waals surface area contributed by atoms with Crippen molar-refractivity contribution in [3.8, 4) is 0 Å². The van der Waals surface area contributed by atoms with Crippen LogP contribution in [-0.2, 0) is 6.42 Å². The van der Waals surface area contributed by atoms with Crippen LogP contribution in [-0.4, -0.2) is 11.2 Å². The first-order valence-corrected chi connectivity index (χ1v) is 8.87. The van der Waals surface area contributed by atoms with Crippen molar-refractivity contribution < 1.29 is 9.52 Å². The van der Waals surface area contributed by atoms with Crippen LogP contribution in [0, 0.1) is 22.7 Å². The fourth-order valence-corrected chi connectivity index (χ4v) is 7.11. The van der Waals surface area contributed by atoms with Crippen LogP contribution in [0.25, 0.3) is 0 Å².